The lowest BCUT2D eigenvalue weighted by molar-refractivity contribution is 0.0989. The van der Waals surface area contributed by atoms with Crippen LogP contribution in [0.3, 0.4) is 0 Å². The number of methoxy groups -OCH3 is 1. The van der Waals surface area contributed by atoms with Gasteiger partial charge in [0.25, 0.3) is 5.91 Å². The third kappa shape index (κ3) is 3.44. The highest BCUT2D eigenvalue weighted by atomic mass is 16.5. The third-order valence-electron chi connectivity index (χ3n) is 3.07. The summed E-state index contributed by atoms with van der Waals surface area (Å²) in [5.41, 5.74) is 0.441. The highest BCUT2D eigenvalue weighted by Crippen LogP contribution is 2.27. The van der Waals surface area contributed by atoms with Crippen LogP contribution >= 0.6 is 0 Å². The van der Waals surface area contributed by atoms with E-state index < -0.39 is 0 Å². The quantitative estimate of drug-likeness (QED) is 0.769. The summed E-state index contributed by atoms with van der Waals surface area (Å²) < 4.78 is 10.7. The Morgan fingerprint density at radius 3 is 2.82 bits per heavy atom. The molecule has 114 valence electrons. The van der Waals surface area contributed by atoms with Crippen LogP contribution in [0, 0.1) is 0 Å². The van der Waals surface area contributed by atoms with E-state index >= 15 is 0 Å². The van der Waals surface area contributed by atoms with Crippen molar-refractivity contribution in [2.75, 3.05) is 25.7 Å². The lowest BCUT2D eigenvalue weighted by atomic mass is 10.1. The Morgan fingerprint density at radius 1 is 1.36 bits per heavy atom. The molecule has 0 bridgehead atoms. The molecule has 0 fully saturated rings. The molecule has 0 aliphatic rings. The molecule has 5 heteroatoms. The van der Waals surface area contributed by atoms with Gasteiger partial charge in [0.2, 0.25) is 0 Å². The highest BCUT2D eigenvalue weighted by molar-refractivity contribution is 6.07. The zero-order chi connectivity index (χ0) is 15.9. The second-order valence-corrected chi connectivity index (χ2v) is 4.51. The fourth-order valence-corrected chi connectivity index (χ4v) is 1.91. The van der Waals surface area contributed by atoms with E-state index in [1.54, 1.807) is 56.8 Å². The Kier molecular flexibility index (Phi) is 5.14. The number of carbonyl (C=O) groups is 1. The molecule has 1 aromatic heterocycles. The Bertz CT molecular complexity index is 656. The van der Waals surface area contributed by atoms with Gasteiger partial charge in [-0.15, -0.1) is 0 Å². The number of amides is 1. The second kappa shape index (κ2) is 7.26. The highest BCUT2D eigenvalue weighted by Gasteiger charge is 2.19. The number of ether oxygens (including phenoxy) is 2. The van der Waals surface area contributed by atoms with Crippen LogP contribution in [0.5, 0.6) is 11.5 Å². The summed E-state index contributed by atoms with van der Waals surface area (Å²) >= 11 is 0. The third-order valence-corrected chi connectivity index (χ3v) is 3.07. The van der Waals surface area contributed by atoms with Gasteiger partial charge in [0.15, 0.2) is 0 Å². The van der Waals surface area contributed by atoms with Crippen molar-refractivity contribution in [3.63, 3.8) is 0 Å². The number of pyridine rings is 1. The monoisotopic (exact) mass is 298 g/mol. The minimum Gasteiger partial charge on any atom is -0.497 e. The maximum atomic E-state index is 12.7. The number of hydrogen-bond acceptors (Lipinski definition) is 4. The number of anilines is 1. The largest absolute Gasteiger partial charge is 0.497 e. The molecule has 0 radical (unpaired) electrons. The van der Waals surface area contributed by atoms with Crippen molar-refractivity contribution in [3.05, 3.63) is 60.8 Å². The molecule has 0 unspecified atom stereocenters. The maximum absolute atomic E-state index is 12.7. The number of hydrogen-bond donors (Lipinski definition) is 0. The molecule has 0 saturated carbocycles. The van der Waals surface area contributed by atoms with Gasteiger partial charge in [0.1, 0.15) is 23.9 Å². The number of benzene rings is 1. The Labute approximate surface area is 129 Å². The SMILES string of the molecule is C=CCOc1cc(OC)ccc1C(=O)N(C)c1ccccn1. The van der Waals surface area contributed by atoms with E-state index in [0.717, 1.165) is 0 Å². The minimum absolute atomic E-state index is 0.208. The summed E-state index contributed by atoms with van der Waals surface area (Å²) in [5.74, 6) is 1.43. The van der Waals surface area contributed by atoms with Gasteiger partial charge in [-0.05, 0) is 24.3 Å². The molecular formula is C17H18N2O3. The van der Waals surface area contributed by atoms with Crippen molar-refractivity contribution in [3.8, 4) is 11.5 Å². The number of nitrogens with zero attached hydrogens (tertiary/aromatic N) is 2. The first-order valence-corrected chi connectivity index (χ1v) is 6.78. The Balaban J connectivity index is 2.33. The molecule has 0 saturated heterocycles. The average molecular weight is 298 g/mol. The van der Waals surface area contributed by atoms with Crippen molar-refractivity contribution in [2.45, 2.75) is 0 Å². The van der Waals surface area contributed by atoms with Crippen molar-refractivity contribution < 1.29 is 14.3 Å². The molecule has 1 aromatic carbocycles. The molecule has 0 spiro atoms. The molecule has 2 rings (SSSR count). The van der Waals surface area contributed by atoms with E-state index in [1.807, 2.05) is 6.07 Å². The van der Waals surface area contributed by atoms with Gasteiger partial charge < -0.3 is 9.47 Å². The molecule has 0 atom stereocenters. The minimum atomic E-state index is -0.208. The molecule has 2 aromatic rings. The normalized spacial score (nSPS) is 9.91. The van der Waals surface area contributed by atoms with E-state index in [9.17, 15) is 4.79 Å². The van der Waals surface area contributed by atoms with Crippen molar-refractivity contribution in [1.29, 1.82) is 0 Å². The van der Waals surface area contributed by atoms with Gasteiger partial charge >= 0.3 is 0 Å². The van der Waals surface area contributed by atoms with Crippen LogP contribution in [0.15, 0.2) is 55.3 Å². The average Bonchev–Trinajstić information content (AvgIpc) is 2.59. The fraction of sp³-hybridized carbons (Fsp3) is 0.176. The first-order valence-electron chi connectivity index (χ1n) is 6.78. The lowest BCUT2D eigenvalue weighted by Gasteiger charge is -2.18. The molecule has 0 aliphatic carbocycles. The van der Waals surface area contributed by atoms with Gasteiger partial charge in [0, 0.05) is 19.3 Å². The smallest absolute Gasteiger partial charge is 0.262 e. The molecule has 1 heterocycles. The van der Waals surface area contributed by atoms with Crippen LogP contribution in [0.25, 0.3) is 0 Å². The van der Waals surface area contributed by atoms with Crippen LogP contribution in [0.4, 0.5) is 5.82 Å². The zero-order valence-electron chi connectivity index (χ0n) is 12.7. The van der Waals surface area contributed by atoms with Gasteiger partial charge in [-0.3, -0.25) is 9.69 Å². The van der Waals surface area contributed by atoms with Crippen LogP contribution in [-0.4, -0.2) is 31.7 Å². The zero-order valence-corrected chi connectivity index (χ0v) is 12.7. The summed E-state index contributed by atoms with van der Waals surface area (Å²) in [6, 6.07) is 10.5. The van der Waals surface area contributed by atoms with Gasteiger partial charge in [-0.2, -0.15) is 0 Å². The molecule has 22 heavy (non-hydrogen) atoms. The lowest BCUT2D eigenvalue weighted by Crippen LogP contribution is -2.27. The summed E-state index contributed by atoms with van der Waals surface area (Å²) in [6.45, 7) is 3.92. The van der Waals surface area contributed by atoms with Gasteiger partial charge in [0.05, 0.1) is 12.7 Å². The Hall–Kier alpha value is -2.82. The van der Waals surface area contributed by atoms with Gasteiger partial charge in [-0.25, -0.2) is 4.98 Å². The Morgan fingerprint density at radius 2 is 2.18 bits per heavy atom. The molecular weight excluding hydrogens is 280 g/mol. The summed E-state index contributed by atoms with van der Waals surface area (Å²) in [5, 5.41) is 0. The maximum Gasteiger partial charge on any atom is 0.262 e. The van der Waals surface area contributed by atoms with Gasteiger partial charge in [-0.1, -0.05) is 18.7 Å². The van der Waals surface area contributed by atoms with E-state index in [4.69, 9.17) is 9.47 Å². The predicted molar refractivity (Wildman–Crippen MR) is 85.7 cm³/mol. The van der Waals surface area contributed by atoms with Crippen molar-refractivity contribution in [1.82, 2.24) is 4.98 Å². The molecule has 0 aliphatic heterocycles. The van der Waals surface area contributed by atoms with E-state index in [2.05, 4.69) is 11.6 Å². The van der Waals surface area contributed by atoms with E-state index in [0.29, 0.717) is 29.5 Å². The van der Waals surface area contributed by atoms with Crippen LogP contribution < -0.4 is 14.4 Å². The van der Waals surface area contributed by atoms with Crippen molar-refractivity contribution in [2.24, 2.45) is 0 Å². The topological polar surface area (TPSA) is 51.7 Å². The van der Waals surface area contributed by atoms with Crippen LogP contribution in [0.1, 0.15) is 10.4 Å². The fourth-order valence-electron chi connectivity index (χ4n) is 1.91. The first kappa shape index (κ1) is 15.6. The predicted octanol–water partition coefficient (Wildman–Crippen LogP) is 2.93. The van der Waals surface area contributed by atoms with Crippen LogP contribution in [-0.2, 0) is 0 Å². The van der Waals surface area contributed by atoms with Crippen LogP contribution in [0.2, 0.25) is 0 Å². The second-order valence-electron chi connectivity index (χ2n) is 4.51. The van der Waals surface area contributed by atoms with Crippen molar-refractivity contribution >= 4 is 11.7 Å². The van der Waals surface area contributed by atoms with E-state index in [1.165, 1.54) is 4.90 Å². The standard InChI is InChI=1S/C17H18N2O3/c1-4-11-22-15-12-13(21-3)8-9-14(15)17(20)19(2)16-7-5-6-10-18-16/h4-10,12H,1,11H2,2-3H3. The number of aromatic nitrogens is 1. The van der Waals surface area contributed by atoms with E-state index in [-0.39, 0.29) is 5.91 Å². The molecule has 0 N–H and O–H groups in total. The molecule has 1 amide bonds. The number of carbonyl (C=O) groups excluding carboxylic acids is 1. The molecule has 5 nitrogen and oxygen atoms in total. The summed E-state index contributed by atoms with van der Waals surface area (Å²) in [7, 11) is 3.24. The number of rotatable bonds is 6. The summed E-state index contributed by atoms with van der Waals surface area (Å²) in [6.07, 6.45) is 3.26. The first-order chi connectivity index (χ1) is 10.7. The summed E-state index contributed by atoms with van der Waals surface area (Å²) in [4.78, 5) is 18.3.